The Bertz CT molecular complexity index is 1240. The number of ether oxygens (including phenoxy) is 1. The second kappa shape index (κ2) is 13.0. The number of pyridine rings is 2. The molecule has 0 atom stereocenters. The lowest BCUT2D eigenvalue weighted by Crippen LogP contribution is -2.36. The lowest BCUT2D eigenvalue weighted by molar-refractivity contribution is 0.101. The number of morpholine rings is 1. The predicted octanol–water partition coefficient (Wildman–Crippen LogP) is 3.49. The van der Waals surface area contributed by atoms with Crippen LogP contribution >= 0.6 is 0 Å². The van der Waals surface area contributed by atoms with Crippen molar-refractivity contribution >= 4 is 34.8 Å². The van der Waals surface area contributed by atoms with Gasteiger partial charge in [-0.15, -0.1) is 0 Å². The number of benzene rings is 1. The Morgan fingerprint density at radius 1 is 0.974 bits per heavy atom. The molecule has 1 saturated heterocycles. The van der Waals surface area contributed by atoms with Crippen LogP contribution in [0.5, 0.6) is 0 Å². The molecule has 2 aromatic heterocycles. The van der Waals surface area contributed by atoms with Crippen molar-refractivity contribution in [3.63, 3.8) is 0 Å². The molecule has 0 spiro atoms. The van der Waals surface area contributed by atoms with E-state index in [4.69, 9.17) is 4.74 Å². The summed E-state index contributed by atoms with van der Waals surface area (Å²) in [6, 6.07) is 12.4. The van der Waals surface area contributed by atoms with Crippen molar-refractivity contribution in [2.24, 2.45) is 0 Å². The number of amides is 2. The van der Waals surface area contributed by atoms with Gasteiger partial charge in [0.25, 0.3) is 11.8 Å². The average molecular weight is 518 g/mol. The number of aryl methyl sites for hydroxylation is 1. The Hall–Kier alpha value is -4.02. The number of rotatable bonds is 10. The molecule has 1 fully saturated rings. The van der Waals surface area contributed by atoms with Crippen LogP contribution in [-0.2, 0) is 4.74 Å². The smallest absolute Gasteiger partial charge is 0.257 e. The molecule has 200 valence electrons. The number of hydrogen-bond donors (Lipinski definition) is 3. The van der Waals surface area contributed by atoms with Crippen LogP contribution in [0.1, 0.15) is 32.7 Å². The highest BCUT2D eigenvalue weighted by molar-refractivity contribution is 6.07. The summed E-state index contributed by atoms with van der Waals surface area (Å²) in [5, 5.41) is 9.12. The van der Waals surface area contributed by atoms with Gasteiger partial charge in [0.2, 0.25) is 0 Å². The summed E-state index contributed by atoms with van der Waals surface area (Å²) >= 11 is 0. The Labute approximate surface area is 223 Å². The number of hydrogen-bond acceptors (Lipinski definition) is 8. The average Bonchev–Trinajstić information content (AvgIpc) is 2.93. The van der Waals surface area contributed by atoms with Gasteiger partial charge in [-0.1, -0.05) is 6.07 Å². The van der Waals surface area contributed by atoms with E-state index < -0.39 is 0 Å². The van der Waals surface area contributed by atoms with Gasteiger partial charge in [0.1, 0.15) is 11.6 Å². The third-order valence-corrected chi connectivity index (χ3v) is 6.20. The van der Waals surface area contributed by atoms with Crippen LogP contribution in [0, 0.1) is 6.92 Å². The molecule has 0 radical (unpaired) electrons. The maximum Gasteiger partial charge on any atom is 0.257 e. The summed E-state index contributed by atoms with van der Waals surface area (Å²) in [7, 11) is 4.08. The zero-order valence-corrected chi connectivity index (χ0v) is 22.2. The standard InChI is InChI=1S/C28H35N7O3/c1-20-5-7-23(32-27(36)21-9-11-30-26(17-21)35-13-15-38-16-14-35)18-24(20)33-28(37)22-6-8-25(31-19-22)29-10-4-12-34(2)3/h5-9,11,17-19H,4,10,12-16H2,1-3H3,(H,29,31)(H,32,36)(H,33,37). The molecule has 3 aromatic rings. The van der Waals surface area contributed by atoms with Gasteiger partial charge in [-0.05, 0) is 75.9 Å². The van der Waals surface area contributed by atoms with E-state index >= 15 is 0 Å². The first-order chi connectivity index (χ1) is 18.4. The van der Waals surface area contributed by atoms with Crippen LogP contribution < -0.4 is 20.9 Å². The molecule has 4 rings (SSSR count). The summed E-state index contributed by atoms with van der Waals surface area (Å²) in [6.07, 6.45) is 4.19. The van der Waals surface area contributed by atoms with E-state index in [1.54, 1.807) is 42.7 Å². The van der Waals surface area contributed by atoms with Crippen molar-refractivity contribution in [2.75, 3.05) is 74.3 Å². The van der Waals surface area contributed by atoms with E-state index in [-0.39, 0.29) is 11.8 Å². The lowest BCUT2D eigenvalue weighted by Gasteiger charge is -2.27. The van der Waals surface area contributed by atoms with E-state index in [9.17, 15) is 9.59 Å². The van der Waals surface area contributed by atoms with Crippen LogP contribution in [-0.4, -0.2) is 80.2 Å². The minimum Gasteiger partial charge on any atom is -0.378 e. The number of anilines is 4. The third kappa shape index (κ3) is 7.50. The molecular formula is C28H35N7O3. The Kier molecular flexibility index (Phi) is 9.23. The molecule has 3 N–H and O–H groups in total. The molecule has 1 aliphatic rings. The SMILES string of the molecule is Cc1ccc(NC(=O)c2ccnc(N3CCOCC3)c2)cc1NC(=O)c1ccc(NCCCN(C)C)nc1. The predicted molar refractivity (Wildman–Crippen MR) is 150 cm³/mol. The van der Waals surface area contributed by atoms with Crippen molar-refractivity contribution in [3.8, 4) is 0 Å². The summed E-state index contributed by atoms with van der Waals surface area (Å²) in [4.78, 5) is 38.8. The second-order valence-corrected chi connectivity index (χ2v) is 9.46. The molecule has 1 aromatic carbocycles. The van der Waals surface area contributed by atoms with E-state index in [1.807, 2.05) is 33.2 Å². The first-order valence-corrected chi connectivity index (χ1v) is 12.8. The van der Waals surface area contributed by atoms with Crippen LogP contribution in [0.4, 0.5) is 23.0 Å². The van der Waals surface area contributed by atoms with Gasteiger partial charge in [0.15, 0.2) is 0 Å². The van der Waals surface area contributed by atoms with Crippen molar-refractivity contribution < 1.29 is 14.3 Å². The lowest BCUT2D eigenvalue weighted by atomic mass is 10.1. The van der Waals surface area contributed by atoms with Gasteiger partial charge in [0.05, 0.1) is 18.8 Å². The molecule has 0 saturated carbocycles. The van der Waals surface area contributed by atoms with Gasteiger partial charge in [-0.25, -0.2) is 9.97 Å². The van der Waals surface area contributed by atoms with E-state index in [0.717, 1.165) is 49.8 Å². The second-order valence-electron chi connectivity index (χ2n) is 9.46. The van der Waals surface area contributed by atoms with Crippen molar-refractivity contribution in [1.29, 1.82) is 0 Å². The first-order valence-electron chi connectivity index (χ1n) is 12.8. The van der Waals surface area contributed by atoms with Crippen LogP contribution in [0.15, 0.2) is 54.9 Å². The molecule has 0 unspecified atom stereocenters. The zero-order chi connectivity index (χ0) is 26.9. The molecule has 38 heavy (non-hydrogen) atoms. The summed E-state index contributed by atoms with van der Waals surface area (Å²) < 4.78 is 5.40. The molecule has 0 bridgehead atoms. The first kappa shape index (κ1) is 27.0. The van der Waals surface area contributed by atoms with Crippen molar-refractivity contribution in [2.45, 2.75) is 13.3 Å². The quantitative estimate of drug-likeness (QED) is 0.351. The number of nitrogens with one attached hydrogen (secondary N) is 3. The minimum absolute atomic E-state index is 0.249. The summed E-state index contributed by atoms with van der Waals surface area (Å²) in [5.41, 5.74) is 3.03. The van der Waals surface area contributed by atoms with Gasteiger partial charge in [-0.2, -0.15) is 0 Å². The van der Waals surface area contributed by atoms with Gasteiger partial charge in [-0.3, -0.25) is 9.59 Å². The van der Waals surface area contributed by atoms with Crippen LogP contribution in [0.2, 0.25) is 0 Å². The normalized spacial score (nSPS) is 13.3. The fourth-order valence-electron chi connectivity index (χ4n) is 4.00. The number of carbonyl (C=O) groups excluding carboxylic acids is 2. The fourth-order valence-corrected chi connectivity index (χ4v) is 4.00. The highest BCUT2D eigenvalue weighted by Gasteiger charge is 2.15. The van der Waals surface area contributed by atoms with Gasteiger partial charge >= 0.3 is 0 Å². The Balaban J connectivity index is 1.36. The topological polar surface area (TPSA) is 112 Å². The number of nitrogens with zero attached hydrogens (tertiary/aromatic N) is 4. The minimum atomic E-state index is -0.271. The highest BCUT2D eigenvalue weighted by Crippen LogP contribution is 2.22. The maximum atomic E-state index is 13.0. The van der Waals surface area contributed by atoms with E-state index in [1.165, 1.54) is 0 Å². The maximum absolute atomic E-state index is 13.0. The van der Waals surface area contributed by atoms with Crippen molar-refractivity contribution in [3.05, 3.63) is 71.5 Å². The third-order valence-electron chi connectivity index (χ3n) is 6.20. The largest absolute Gasteiger partial charge is 0.378 e. The van der Waals surface area contributed by atoms with E-state index in [2.05, 4.69) is 35.7 Å². The monoisotopic (exact) mass is 517 g/mol. The molecular weight excluding hydrogens is 482 g/mol. The van der Waals surface area contributed by atoms with Crippen LogP contribution in [0.25, 0.3) is 0 Å². The Morgan fingerprint density at radius 2 is 1.76 bits per heavy atom. The molecule has 0 aliphatic carbocycles. The van der Waals surface area contributed by atoms with E-state index in [0.29, 0.717) is 35.7 Å². The summed E-state index contributed by atoms with van der Waals surface area (Å²) in [5.74, 6) is 0.962. The Morgan fingerprint density at radius 3 is 2.50 bits per heavy atom. The van der Waals surface area contributed by atoms with Crippen LogP contribution in [0.3, 0.4) is 0 Å². The molecule has 2 amide bonds. The highest BCUT2D eigenvalue weighted by atomic mass is 16.5. The molecule has 3 heterocycles. The summed E-state index contributed by atoms with van der Waals surface area (Å²) in [6.45, 7) is 6.47. The zero-order valence-electron chi connectivity index (χ0n) is 22.2. The molecule has 10 nitrogen and oxygen atoms in total. The van der Waals surface area contributed by atoms with Crippen molar-refractivity contribution in [1.82, 2.24) is 14.9 Å². The number of carbonyl (C=O) groups is 2. The molecule has 1 aliphatic heterocycles. The fraction of sp³-hybridized carbons (Fsp3) is 0.357. The van der Waals surface area contributed by atoms with Gasteiger partial charge < -0.3 is 30.5 Å². The molecule has 10 heteroatoms. The van der Waals surface area contributed by atoms with Gasteiger partial charge in [0, 0.05) is 49.0 Å². The number of aromatic nitrogens is 2.